The quantitative estimate of drug-likeness (QED) is 0.444. The van der Waals surface area contributed by atoms with Crippen molar-refractivity contribution in [3.8, 4) is 11.5 Å². The van der Waals surface area contributed by atoms with E-state index in [0.29, 0.717) is 11.5 Å². The zero-order chi connectivity index (χ0) is 17.2. The molecule has 0 heterocycles. The molecule has 0 radical (unpaired) electrons. The predicted octanol–water partition coefficient (Wildman–Crippen LogP) is 0.413. The van der Waals surface area contributed by atoms with Gasteiger partial charge in [0.05, 0.1) is 7.11 Å². The molecule has 128 valence electrons. The number of aliphatic hydroxyl groups excluding tert-OH is 1. The van der Waals surface area contributed by atoms with Gasteiger partial charge in [-0.15, -0.1) is 0 Å². The van der Waals surface area contributed by atoms with Gasteiger partial charge in [0.25, 0.3) is 0 Å². The lowest BCUT2D eigenvalue weighted by Crippen LogP contribution is -2.43. The van der Waals surface area contributed by atoms with Crippen molar-refractivity contribution in [1.29, 1.82) is 0 Å². The van der Waals surface area contributed by atoms with Crippen LogP contribution < -0.4 is 14.8 Å². The Balaban J connectivity index is 2.40. The molecule has 1 amide bonds. The maximum Gasteiger partial charge on any atom is 0.329 e. The van der Waals surface area contributed by atoms with Gasteiger partial charge in [0.1, 0.15) is 25.4 Å². The van der Waals surface area contributed by atoms with Gasteiger partial charge in [-0.05, 0) is 12.1 Å². The third kappa shape index (κ3) is 6.79. The summed E-state index contributed by atoms with van der Waals surface area (Å²) in [5.41, 5.74) is 0. The molecule has 8 heteroatoms. The van der Waals surface area contributed by atoms with Crippen LogP contribution >= 0.6 is 12.6 Å². The van der Waals surface area contributed by atoms with Crippen LogP contribution in [0.1, 0.15) is 6.92 Å². The summed E-state index contributed by atoms with van der Waals surface area (Å²) in [5.74, 6) is 0.101. The number of methoxy groups -OCH3 is 1. The zero-order valence-electron chi connectivity index (χ0n) is 13.0. The van der Waals surface area contributed by atoms with Gasteiger partial charge in [0.2, 0.25) is 5.91 Å². The smallest absolute Gasteiger partial charge is 0.329 e. The van der Waals surface area contributed by atoms with Crippen LogP contribution in [-0.2, 0) is 14.3 Å². The van der Waals surface area contributed by atoms with E-state index in [1.165, 1.54) is 14.0 Å². The van der Waals surface area contributed by atoms with Crippen LogP contribution in [0.4, 0.5) is 0 Å². The molecular weight excluding hydrogens is 322 g/mol. The highest BCUT2D eigenvalue weighted by Crippen LogP contribution is 2.25. The van der Waals surface area contributed by atoms with E-state index >= 15 is 0 Å². The molecule has 1 aromatic carbocycles. The SMILES string of the molecule is COc1ccccc1OCC(O)COC(=O)[C@@H](CS)NC(C)=O. The van der Waals surface area contributed by atoms with Crippen LogP contribution in [0.2, 0.25) is 0 Å². The Morgan fingerprint density at radius 1 is 1.26 bits per heavy atom. The number of esters is 1. The topological polar surface area (TPSA) is 94.1 Å². The first-order valence-corrected chi connectivity index (χ1v) is 7.59. The molecule has 0 aromatic heterocycles. The maximum atomic E-state index is 11.7. The van der Waals surface area contributed by atoms with Gasteiger partial charge in [-0.1, -0.05) is 12.1 Å². The Hall–Kier alpha value is -1.93. The molecule has 23 heavy (non-hydrogen) atoms. The molecule has 1 rings (SSSR count). The van der Waals surface area contributed by atoms with Gasteiger partial charge in [0, 0.05) is 12.7 Å². The number of thiol groups is 1. The molecule has 0 spiro atoms. The first kappa shape index (κ1) is 19.1. The summed E-state index contributed by atoms with van der Waals surface area (Å²) in [7, 11) is 1.51. The van der Waals surface area contributed by atoms with Crippen molar-refractivity contribution < 1.29 is 28.9 Å². The Morgan fingerprint density at radius 3 is 2.48 bits per heavy atom. The highest BCUT2D eigenvalue weighted by Gasteiger charge is 2.20. The predicted molar refractivity (Wildman–Crippen MR) is 86.9 cm³/mol. The van der Waals surface area contributed by atoms with Crippen molar-refractivity contribution in [2.75, 3.05) is 26.1 Å². The van der Waals surface area contributed by atoms with E-state index in [0.717, 1.165) is 0 Å². The average molecular weight is 343 g/mol. The largest absolute Gasteiger partial charge is 0.493 e. The molecule has 2 N–H and O–H groups in total. The van der Waals surface area contributed by atoms with Gasteiger partial charge in [0.15, 0.2) is 11.5 Å². The van der Waals surface area contributed by atoms with E-state index in [4.69, 9.17) is 14.2 Å². The van der Waals surface area contributed by atoms with E-state index < -0.39 is 18.1 Å². The molecule has 2 atom stereocenters. The fourth-order valence-electron chi connectivity index (χ4n) is 1.68. The molecule has 7 nitrogen and oxygen atoms in total. The Kier molecular flexibility index (Phi) is 8.28. The monoisotopic (exact) mass is 343 g/mol. The molecule has 0 bridgehead atoms. The molecule has 0 saturated heterocycles. The van der Waals surface area contributed by atoms with E-state index in [9.17, 15) is 14.7 Å². The lowest BCUT2D eigenvalue weighted by Gasteiger charge is -2.17. The molecule has 1 aromatic rings. The molecule has 0 fully saturated rings. The summed E-state index contributed by atoms with van der Waals surface area (Å²) in [6, 6.07) is 6.15. The molecule has 0 aliphatic carbocycles. The van der Waals surface area contributed by atoms with E-state index in [2.05, 4.69) is 17.9 Å². The van der Waals surface area contributed by atoms with Crippen molar-refractivity contribution in [2.45, 2.75) is 19.1 Å². The number of amides is 1. The molecule has 1 unspecified atom stereocenters. The lowest BCUT2D eigenvalue weighted by atomic mass is 10.3. The summed E-state index contributed by atoms with van der Waals surface area (Å²) in [4.78, 5) is 22.7. The number of aliphatic hydroxyl groups is 1. The van der Waals surface area contributed by atoms with Crippen LogP contribution in [0, 0.1) is 0 Å². The highest BCUT2D eigenvalue weighted by atomic mass is 32.1. The fourth-order valence-corrected chi connectivity index (χ4v) is 1.92. The number of carbonyl (C=O) groups excluding carboxylic acids is 2. The maximum absolute atomic E-state index is 11.7. The molecule has 0 aliphatic heterocycles. The van der Waals surface area contributed by atoms with Gasteiger partial charge in [-0.25, -0.2) is 4.79 Å². The van der Waals surface area contributed by atoms with Crippen molar-refractivity contribution in [3.05, 3.63) is 24.3 Å². The average Bonchev–Trinajstić information content (AvgIpc) is 2.55. The Bertz CT molecular complexity index is 524. The standard InChI is InChI=1S/C15H21NO6S/c1-10(17)16-12(9-23)15(19)22-8-11(18)7-21-14-6-4-3-5-13(14)20-2/h3-6,11-12,18,23H,7-9H2,1-2H3,(H,16,17)/t11?,12-/m1/s1. The lowest BCUT2D eigenvalue weighted by molar-refractivity contribution is -0.150. The minimum absolute atomic E-state index is 0.0701. The van der Waals surface area contributed by atoms with Crippen molar-refractivity contribution >= 4 is 24.5 Å². The summed E-state index contributed by atoms with van der Waals surface area (Å²) >= 11 is 3.97. The molecule has 0 saturated carbocycles. The van der Waals surface area contributed by atoms with Crippen molar-refractivity contribution in [1.82, 2.24) is 5.32 Å². The van der Waals surface area contributed by atoms with Crippen LogP contribution in [0.3, 0.4) is 0 Å². The summed E-state index contributed by atoms with van der Waals surface area (Å²) in [6.07, 6.45) is -1.01. The normalized spacial score (nSPS) is 12.9. The second kappa shape index (κ2) is 9.96. The number of para-hydroxylation sites is 2. The number of rotatable bonds is 9. The zero-order valence-corrected chi connectivity index (χ0v) is 13.9. The van der Waals surface area contributed by atoms with Crippen LogP contribution in [0.25, 0.3) is 0 Å². The summed E-state index contributed by atoms with van der Waals surface area (Å²) in [5, 5.41) is 12.2. The molecule has 0 aliphatic rings. The van der Waals surface area contributed by atoms with Gasteiger partial charge in [-0.3, -0.25) is 4.79 Å². The third-order valence-electron chi connectivity index (χ3n) is 2.76. The number of hydrogen-bond acceptors (Lipinski definition) is 7. The minimum atomic E-state index is -1.01. The molecular formula is C15H21NO6S. The van der Waals surface area contributed by atoms with Crippen molar-refractivity contribution in [3.63, 3.8) is 0 Å². The van der Waals surface area contributed by atoms with E-state index in [1.807, 2.05) is 0 Å². The van der Waals surface area contributed by atoms with Gasteiger partial charge < -0.3 is 24.6 Å². The Labute approximate surface area is 140 Å². The number of benzene rings is 1. The second-order valence-electron chi connectivity index (χ2n) is 4.68. The van der Waals surface area contributed by atoms with Crippen molar-refractivity contribution in [2.24, 2.45) is 0 Å². The minimum Gasteiger partial charge on any atom is -0.493 e. The van der Waals surface area contributed by atoms with Crippen LogP contribution in [-0.4, -0.2) is 55.2 Å². The van der Waals surface area contributed by atoms with Crippen LogP contribution in [0.5, 0.6) is 11.5 Å². The second-order valence-corrected chi connectivity index (χ2v) is 5.05. The van der Waals surface area contributed by atoms with E-state index in [-0.39, 0.29) is 24.9 Å². The first-order valence-electron chi connectivity index (χ1n) is 6.96. The fraction of sp³-hybridized carbons (Fsp3) is 0.467. The number of nitrogens with one attached hydrogen (secondary N) is 1. The summed E-state index contributed by atoms with van der Waals surface area (Å²) < 4.78 is 15.5. The Morgan fingerprint density at radius 2 is 1.91 bits per heavy atom. The van der Waals surface area contributed by atoms with Gasteiger partial charge in [-0.2, -0.15) is 12.6 Å². The third-order valence-corrected chi connectivity index (χ3v) is 3.13. The first-order chi connectivity index (χ1) is 11.0. The summed E-state index contributed by atoms with van der Waals surface area (Å²) in [6.45, 7) is 0.969. The van der Waals surface area contributed by atoms with Gasteiger partial charge >= 0.3 is 5.97 Å². The number of hydrogen-bond donors (Lipinski definition) is 3. The number of carbonyl (C=O) groups is 2. The highest BCUT2D eigenvalue weighted by molar-refractivity contribution is 7.80. The van der Waals surface area contributed by atoms with E-state index in [1.54, 1.807) is 24.3 Å². The number of ether oxygens (including phenoxy) is 3. The van der Waals surface area contributed by atoms with Crippen LogP contribution in [0.15, 0.2) is 24.3 Å².